The van der Waals surface area contributed by atoms with Crippen LogP contribution >= 0.6 is 0 Å². The highest BCUT2D eigenvalue weighted by molar-refractivity contribution is 5.67. The number of aromatic hydroxyl groups is 8. The van der Waals surface area contributed by atoms with E-state index < -0.39 is 23.7 Å². The number of nitrogens with zero attached hydrogens (tertiary/aromatic N) is 4. The van der Waals surface area contributed by atoms with E-state index >= 15 is 0 Å². The zero-order chi connectivity index (χ0) is 50.3. The predicted molar refractivity (Wildman–Crippen MR) is 274 cm³/mol. The van der Waals surface area contributed by atoms with Gasteiger partial charge in [0.15, 0.2) is 0 Å². The fraction of sp³-hybridized carbons (Fsp3) is 0.571. The first-order chi connectivity index (χ1) is 32.5. The normalized spacial score (nSPS) is 17.3. The highest BCUT2D eigenvalue weighted by Crippen LogP contribution is 2.55. The topological polar surface area (TPSA) is 175 Å². The minimum atomic E-state index is -0.642. The average Bonchev–Trinajstić information content (AvgIpc) is 3.34. The molecule has 0 radical (unpaired) electrons. The maximum Gasteiger partial charge on any atom is 0.127 e. The third-order valence-corrected chi connectivity index (χ3v) is 15.5. The molecule has 0 atom stereocenters. The first-order valence-corrected chi connectivity index (χ1v) is 25.7. The Kier molecular flexibility index (Phi) is 18.8. The Labute approximate surface area is 407 Å². The highest BCUT2D eigenvalue weighted by Gasteiger charge is 2.37. The molecule has 0 heterocycles. The molecule has 0 saturated carbocycles. The van der Waals surface area contributed by atoms with Crippen LogP contribution in [-0.4, -0.2) is 113 Å². The lowest BCUT2D eigenvalue weighted by Crippen LogP contribution is -2.24. The molecular formula is C56H84N4O8. The summed E-state index contributed by atoms with van der Waals surface area (Å²) in [7, 11) is 0. The summed E-state index contributed by atoms with van der Waals surface area (Å²) in [4.78, 5) is 8.47. The van der Waals surface area contributed by atoms with Gasteiger partial charge in [-0.1, -0.05) is 83.1 Å². The molecule has 1 aliphatic carbocycles. The lowest BCUT2D eigenvalue weighted by Gasteiger charge is -2.32. The zero-order valence-electron chi connectivity index (χ0n) is 43.3. The SMILES string of the molecule is CCC1c2cc(c(O)c(CN(CC)CC)c2O)C(CC)c2cc(c(O)c(CN(CC)CC)c2O)C(CC)c2cc(c(O)c(CN(CC)CC)c2O)C(CC)c2cc1c(O)c(CN(CC)CC)c2O. The molecule has 0 aliphatic heterocycles. The summed E-state index contributed by atoms with van der Waals surface area (Å²) in [5, 5.41) is 101. The van der Waals surface area contributed by atoms with E-state index in [-0.39, 0.29) is 72.2 Å². The van der Waals surface area contributed by atoms with Crippen LogP contribution in [0.25, 0.3) is 0 Å². The van der Waals surface area contributed by atoms with Crippen LogP contribution in [0.4, 0.5) is 0 Å². The van der Waals surface area contributed by atoms with E-state index in [0.717, 1.165) is 0 Å². The van der Waals surface area contributed by atoms with Crippen molar-refractivity contribution in [3.63, 3.8) is 0 Å². The Hall–Kier alpha value is -4.88. The van der Waals surface area contributed by atoms with Crippen LogP contribution in [0.3, 0.4) is 0 Å². The Morgan fingerprint density at radius 2 is 0.397 bits per heavy atom. The Morgan fingerprint density at radius 3 is 0.500 bits per heavy atom. The van der Waals surface area contributed by atoms with Crippen LogP contribution in [0.15, 0.2) is 24.3 Å². The number of rotatable bonds is 20. The van der Waals surface area contributed by atoms with Gasteiger partial charge < -0.3 is 40.9 Å². The number of hydrogen-bond donors (Lipinski definition) is 8. The molecule has 376 valence electrons. The quantitative estimate of drug-likeness (QED) is 0.0422. The Bertz CT molecular complexity index is 1910. The largest absolute Gasteiger partial charge is 0.507 e. The minimum absolute atomic E-state index is 0.0851. The second-order valence-corrected chi connectivity index (χ2v) is 18.6. The number of benzene rings is 4. The summed E-state index contributed by atoms with van der Waals surface area (Å²) in [6, 6.07) is 7.30. The predicted octanol–water partition coefficient (Wildman–Crippen LogP) is 11.2. The van der Waals surface area contributed by atoms with Crippen LogP contribution in [-0.2, 0) is 26.2 Å². The van der Waals surface area contributed by atoms with Crippen LogP contribution in [0.1, 0.15) is 199 Å². The van der Waals surface area contributed by atoms with Gasteiger partial charge in [-0.15, -0.1) is 0 Å². The summed E-state index contributed by atoms with van der Waals surface area (Å²) in [5.74, 6) is -3.25. The Morgan fingerprint density at radius 1 is 0.265 bits per heavy atom. The average molecular weight is 941 g/mol. The second-order valence-electron chi connectivity index (χ2n) is 18.6. The molecule has 12 nitrogen and oxygen atoms in total. The summed E-state index contributed by atoms with van der Waals surface area (Å²) in [6.45, 7) is 30.4. The van der Waals surface area contributed by atoms with Gasteiger partial charge in [0.25, 0.3) is 0 Å². The van der Waals surface area contributed by atoms with Crippen molar-refractivity contribution < 1.29 is 40.9 Å². The lowest BCUT2D eigenvalue weighted by atomic mass is 9.75. The van der Waals surface area contributed by atoms with E-state index in [2.05, 4.69) is 19.6 Å². The fourth-order valence-electron chi connectivity index (χ4n) is 10.9. The summed E-state index contributed by atoms with van der Waals surface area (Å²) >= 11 is 0. The highest BCUT2D eigenvalue weighted by atomic mass is 16.3. The molecule has 1 aliphatic rings. The van der Waals surface area contributed by atoms with Crippen molar-refractivity contribution in [1.29, 1.82) is 0 Å². The van der Waals surface area contributed by atoms with Gasteiger partial charge in [0.1, 0.15) is 46.0 Å². The minimum Gasteiger partial charge on any atom is -0.507 e. The van der Waals surface area contributed by atoms with Crippen molar-refractivity contribution in [3.8, 4) is 46.0 Å². The van der Waals surface area contributed by atoms with Crippen molar-refractivity contribution in [3.05, 3.63) is 91.0 Å². The van der Waals surface area contributed by atoms with Crippen molar-refractivity contribution in [1.82, 2.24) is 19.6 Å². The third-order valence-electron chi connectivity index (χ3n) is 15.5. The van der Waals surface area contributed by atoms with E-state index in [1.807, 2.05) is 107 Å². The molecule has 0 unspecified atom stereocenters. The summed E-state index contributed by atoms with van der Waals surface area (Å²) in [6.07, 6.45) is 1.67. The van der Waals surface area contributed by atoms with Crippen LogP contribution in [0.5, 0.6) is 46.0 Å². The van der Waals surface area contributed by atoms with Crippen LogP contribution in [0.2, 0.25) is 0 Å². The van der Waals surface area contributed by atoms with E-state index in [9.17, 15) is 40.9 Å². The zero-order valence-corrected chi connectivity index (χ0v) is 43.3. The van der Waals surface area contributed by atoms with Gasteiger partial charge in [-0.25, -0.2) is 0 Å². The number of hydrogen-bond acceptors (Lipinski definition) is 12. The molecule has 5 rings (SSSR count). The molecule has 8 bridgehead atoms. The molecule has 4 aromatic carbocycles. The molecule has 8 N–H and O–H groups in total. The maximum absolute atomic E-state index is 12.6. The molecule has 0 aromatic heterocycles. The molecule has 0 spiro atoms. The molecule has 0 amide bonds. The van der Waals surface area contributed by atoms with E-state index in [0.29, 0.717) is 145 Å². The van der Waals surface area contributed by atoms with Crippen molar-refractivity contribution >= 4 is 0 Å². The molecule has 0 fully saturated rings. The lowest BCUT2D eigenvalue weighted by molar-refractivity contribution is 0.282. The number of phenolic OH excluding ortho intramolecular Hbond substituents is 8. The maximum atomic E-state index is 12.6. The van der Waals surface area contributed by atoms with Gasteiger partial charge in [0.05, 0.1) is 22.3 Å². The standard InChI is InChI=1S/C56H84N4O8/c1-13-33-37-25-39(51(63)45(49(37)61)29-57(17-5)18-6)34(14-2)41-27-43(55(67)47(53(41)65)31-59(21-9)22-10)36(16-4)44-28-42(54(66)48(56(44)68)32-60(23-11)24-12)35(15-3)40-26-38(33)50(62)46(52(40)64)30-58(19-7)20-8/h25-28,33-36,61-68H,13-24,29-32H2,1-12H3. The van der Waals surface area contributed by atoms with Crippen LogP contribution in [0, 0.1) is 0 Å². The fourth-order valence-corrected chi connectivity index (χ4v) is 10.9. The van der Waals surface area contributed by atoms with E-state index in [1.165, 1.54) is 0 Å². The van der Waals surface area contributed by atoms with Gasteiger partial charge in [-0.2, -0.15) is 0 Å². The summed E-state index contributed by atoms with van der Waals surface area (Å²) in [5.41, 5.74) is 5.29. The van der Waals surface area contributed by atoms with Gasteiger partial charge >= 0.3 is 0 Å². The number of phenols is 8. The first-order valence-electron chi connectivity index (χ1n) is 25.7. The molecule has 4 aromatic rings. The van der Waals surface area contributed by atoms with Crippen LogP contribution < -0.4 is 0 Å². The second kappa shape index (κ2) is 23.6. The van der Waals surface area contributed by atoms with Gasteiger partial charge in [-0.3, -0.25) is 19.6 Å². The Balaban J connectivity index is 2.12. The van der Waals surface area contributed by atoms with E-state index in [4.69, 9.17) is 0 Å². The molecule has 12 heteroatoms. The first kappa shape index (κ1) is 54.1. The number of fused-ring (bicyclic) bond motifs is 8. The third kappa shape index (κ3) is 10.2. The monoisotopic (exact) mass is 941 g/mol. The van der Waals surface area contributed by atoms with Gasteiger partial charge in [0.2, 0.25) is 0 Å². The van der Waals surface area contributed by atoms with Crippen molar-refractivity contribution in [2.75, 3.05) is 52.4 Å². The molecular weight excluding hydrogens is 857 g/mol. The smallest absolute Gasteiger partial charge is 0.127 e. The van der Waals surface area contributed by atoms with Crippen molar-refractivity contribution in [2.45, 2.75) is 159 Å². The molecule has 68 heavy (non-hydrogen) atoms. The molecule has 0 saturated heterocycles. The van der Waals surface area contributed by atoms with E-state index in [1.54, 1.807) is 0 Å². The van der Waals surface area contributed by atoms with Gasteiger partial charge in [0, 0.05) is 94.4 Å². The van der Waals surface area contributed by atoms with Crippen molar-refractivity contribution in [2.24, 2.45) is 0 Å². The summed E-state index contributed by atoms with van der Waals surface area (Å²) < 4.78 is 0. The van der Waals surface area contributed by atoms with Gasteiger partial charge in [-0.05, 0) is 102 Å².